The van der Waals surface area contributed by atoms with E-state index in [4.69, 9.17) is 0 Å². The fourth-order valence-electron chi connectivity index (χ4n) is 9.39. The lowest BCUT2D eigenvalue weighted by Crippen LogP contribution is -2.33. The first-order valence-electron chi connectivity index (χ1n) is 20.3. The minimum absolute atomic E-state index is 1.04. The van der Waals surface area contributed by atoms with Crippen LogP contribution in [0.2, 0.25) is 0 Å². The predicted octanol–water partition coefficient (Wildman–Crippen LogP) is 15.1. The Balaban J connectivity index is 1.20. The van der Waals surface area contributed by atoms with Crippen LogP contribution < -0.4 is 20.2 Å². The predicted molar refractivity (Wildman–Crippen MR) is 255 cm³/mol. The summed E-state index contributed by atoms with van der Waals surface area (Å²) >= 11 is 3.92. The third-order valence-electron chi connectivity index (χ3n) is 12.2. The number of thiophene rings is 2. The van der Waals surface area contributed by atoms with Crippen molar-refractivity contribution < 1.29 is 0 Å². The Kier molecular flexibility index (Phi) is 8.28. The van der Waals surface area contributed by atoms with E-state index in [9.17, 15) is 0 Å². The number of benzene rings is 8. The van der Waals surface area contributed by atoms with Crippen LogP contribution in [0.15, 0.2) is 146 Å². The van der Waals surface area contributed by atoms with Gasteiger partial charge >= 0.3 is 0 Å². The summed E-state index contributed by atoms with van der Waals surface area (Å²) in [6.07, 6.45) is 7.08. The molecule has 4 heteroatoms. The highest BCUT2D eigenvalue weighted by atomic mass is 32.1. The van der Waals surface area contributed by atoms with Crippen molar-refractivity contribution >= 4 is 120 Å². The van der Waals surface area contributed by atoms with Crippen molar-refractivity contribution in [2.24, 2.45) is 0 Å². The number of hydrogen-bond donors (Lipinski definition) is 0. The lowest BCUT2D eigenvalue weighted by molar-refractivity contribution is 1.11. The molecule has 0 saturated carbocycles. The zero-order valence-electron chi connectivity index (χ0n) is 33.1. The van der Waals surface area contributed by atoms with Crippen molar-refractivity contribution in [3.63, 3.8) is 0 Å². The lowest BCUT2D eigenvalue weighted by Gasteiger charge is -2.29. The summed E-state index contributed by atoms with van der Waals surface area (Å²) in [4.78, 5) is 5.00. The van der Waals surface area contributed by atoms with Crippen molar-refractivity contribution in [1.29, 1.82) is 0 Å². The molecule has 0 N–H and O–H groups in total. The molecule has 0 spiro atoms. The molecular formula is C54H42N2S2. The van der Waals surface area contributed by atoms with E-state index in [1.54, 1.807) is 0 Å². The second-order valence-electron chi connectivity index (χ2n) is 15.7. The molecule has 0 amide bonds. The van der Waals surface area contributed by atoms with Gasteiger partial charge in [-0.05, 0) is 110 Å². The molecule has 10 aromatic rings. The molecule has 1 aliphatic carbocycles. The molecule has 2 aromatic heterocycles. The monoisotopic (exact) mass is 782 g/mol. The average Bonchev–Trinajstić information content (AvgIpc) is 3.82. The smallest absolute Gasteiger partial charge is 0.0554 e. The van der Waals surface area contributed by atoms with E-state index in [1.807, 2.05) is 22.7 Å². The van der Waals surface area contributed by atoms with Gasteiger partial charge in [0.2, 0.25) is 0 Å². The van der Waals surface area contributed by atoms with Gasteiger partial charge in [-0.15, -0.1) is 22.7 Å². The summed E-state index contributed by atoms with van der Waals surface area (Å²) in [7, 11) is 0. The van der Waals surface area contributed by atoms with E-state index in [1.165, 1.54) is 118 Å². The molecule has 58 heavy (non-hydrogen) atoms. The van der Waals surface area contributed by atoms with Gasteiger partial charge in [-0.2, -0.15) is 0 Å². The third kappa shape index (κ3) is 5.36. The van der Waals surface area contributed by atoms with Crippen molar-refractivity contribution in [2.75, 3.05) is 9.80 Å². The van der Waals surface area contributed by atoms with Gasteiger partial charge in [-0.3, -0.25) is 0 Å². The van der Waals surface area contributed by atoms with E-state index < -0.39 is 0 Å². The first-order valence-corrected chi connectivity index (χ1v) is 21.9. The highest BCUT2D eigenvalue weighted by Gasteiger charge is 2.24. The van der Waals surface area contributed by atoms with E-state index in [-0.39, 0.29) is 0 Å². The van der Waals surface area contributed by atoms with Gasteiger partial charge in [0.25, 0.3) is 0 Å². The molecule has 0 bridgehead atoms. The number of anilines is 6. The van der Waals surface area contributed by atoms with Crippen LogP contribution in [0.25, 0.3) is 63.3 Å². The number of aryl methyl sites for hydroxylation is 4. The molecule has 0 fully saturated rings. The highest BCUT2D eigenvalue weighted by Crippen LogP contribution is 2.50. The SMILES string of the molecule is Cc1ccccc1N(c1ccccc1C)c1cc2sc3c(ccc4c3sc3cc(N(c5ccccc5C)c5ccccc5C)c5ccccc5c34)c2c2c1=CCCC=2. The lowest BCUT2D eigenvalue weighted by atomic mass is 9.98. The molecule has 1 aliphatic rings. The Bertz CT molecular complexity index is 3330. The van der Waals surface area contributed by atoms with Crippen LogP contribution in [-0.4, -0.2) is 0 Å². The van der Waals surface area contributed by atoms with Gasteiger partial charge in [0.15, 0.2) is 0 Å². The molecule has 0 saturated heterocycles. The number of fused-ring (bicyclic) bond motifs is 11. The fourth-order valence-corrected chi connectivity index (χ4v) is 12.0. The van der Waals surface area contributed by atoms with E-state index in [2.05, 4.69) is 195 Å². The normalized spacial score (nSPS) is 12.6. The molecule has 8 aromatic carbocycles. The molecule has 0 atom stereocenters. The Morgan fingerprint density at radius 2 is 0.759 bits per heavy atom. The Labute approximate surface area is 346 Å². The molecule has 11 rings (SSSR count). The van der Waals surface area contributed by atoms with Crippen LogP contribution in [-0.2, 0) is 0 Å². The van der Waals surface area contributed by atoms with E-state index in [0.29, 0.717) is 0 Å². The largest absolute Gasteiger partial charge is 0.309 e. The van der Waals surface area contributed by atoms with Crippen LogP contribution >= 0.6 is 22.7 Å². The first kappa shape index (κ1) is 35.0. The maximum atomic E-state index is 2.51. The first-order chi connectivity index (χ1) is 28.5. The van der Waals surface area contributed by atoms with Crippen LogP contribution in [0.1, 0.15) is 35.1 Å². The molecule has 0 radical (unpaired) electrons. The second-order valence-corrected chi connectivity index (χ2v) is 17.8. The van der Waals surface area contributed by atoms with Crippen LogP contribution in [0, 0.1) is 27.7 Å². The number of nitrogens with zero attached hydrogens (tertiary/aromatic N) is 2. The summed E-state index contributed by atoms with van der Waals surface area (Å²) in [5.74, 6) is 0. The van der Waals surface area contributed by atoms with E-state index >= 15 is 0 Å². The molecule has 0 aliphatic heterocycles. The van der Waals surface area contributed by atoms with Crippen LogP contribution in [0.4, 0.5) is 34.1 Å². The molecular weight excluding hydrogens is 741 g/mol. The molecule has 280 valence electrons. The van der Waals surface area contributed by atoms with Crippen molar-refractivity contribution in [1.82, 2.24) is 0 Å². The van der Waals surface area contributed by atoms with Gasteiger partial charge in [0.05, 0.1) is 20.8 Å². The average molecular weight is 783 g/mol. The highest BCUT2D eigenvalue weighted by molar-refractivity contribution is 7.33. The van der Waals surface area contributed by atoms with Gasteiger partial charge in [-0.1, -0.05) is 121 Å². The van der Waals surface area contributed by atoms with Crippen LogP contribution in [0.5, 0.6) is 0 Å². The summed E-state index contributed by atoms with van der Waals surface area (Å²) in [6.45, 7) is 8.91. The topological polar surface area (TPSA) is 6.48 Å². The Morgan fingerprint density at radius 1 is 0.362 bits per heavy atom. The fraction of sp³-hybridized carbons (Fsp3) is 0.111. The summed E-state index contributed by atoms with van der Waals surface area (Å²) in [5, 5.41) is 10.7. The minimum Gasteiger partial charge on any atom is -0.309 e. The summed E-state index contributed by atoms with van der Waals surface area (Å²) in [6, 6.07) is 54.0. The van der Waals surface area contributed by atoms with Gasteiger partial charge in [0.1, 0.15) is 0 Å². The van der Waals surface area contributed by atoms with Crippen LogP contribution in [0.3, 0.4) is 0 Å². The minimum atomic E-state index is 1.04. The van der Waals surface area contributed by atoms with Crippen molar-refractivity contribution in [3.8, 4) is 0 Å². The van der Waals surface area contributed by atoms with Crippen molar-refractivity contribution in [2.45, 2.75) is 40.5 Å². The number of rotatable bonds is 6. The van der Waals surface area contributed by atoms with Gasteiger partial charge in [-0.25, -0.2) is 0 Å². The van der Waals surface area contributed by atoms with Gasteiger partial charge < -0.3 is 9.80 Å². The van der Waals surface area contributed by atoms with Gasteiger partial charge in [0, 0.05) is 64.3 Å². The summed E-state index contributed by atoms with van der Waals surface area (Å²) < 4.78 is 5.40. The Morgan fingerprint density at radius 3 is 1.28 bits per heavy atom. The maximum absolute atomic E-state index is 2.51. The standard InChI is InChI=1S/C54H42N2S2/c1-33-17-5-13-25-43(33)55(44-26-14-6-18-34(44)2)47-31-49-51(39-23-11-9-21-37(39)47)41-29-30-42-52-40-24-12-10-22-38(40)48(32-50(52)58-54(42)53(41)57-49)56(45-27-15-7-19-35(45)3)46-28-16-8-20-36(46)4/h5-9,11,13-32H,10,12H2,1-4H3. The number of hydrogen-bond acceptors (Lipinski definition) is 4. The quantitative estimate of drug-likeness (QED) is 0.166. The van der Waals surface area contributed by atoms with Crippen molar-refractivity contribution in [3.05, 3.63) is 178 Å². The second kappa shape index (κ2) is 13.7. The zero-order chi connectivity index (χ0) is 39.1. The summed E-state index contributed by atoms with van der Waals surface area (Å²) in [5.41, 5.74) is 12.3. The maximum Gasteiger partial charge on any atom is 0.0554 e. The third-order valence-corrected chi connectivity index (χ3v) is 14.7. The Hall–Kier alpha value is -6.20. The molecule has 2 heterocycles. The zero-order valence-corrected chi connectivity index (χ0v) is 34.8. The van der Waals surface area contributed by atoms with E-state index in [0.717, 1.165) is 12.8 Å². The molecule has 2 nitrogen and oxygen atoms in total. The molecule has 0 unspecified atom stereocenters. The number of para-hydroxylation sites is 4.